The molecule has 2 N–H and O–H groups in total. The molecule has 1 atom stereocenters. The maximum atomic E-state index is 12.7. The molecule has 0 bridgehead atoms. The number of carbonyl (C=O) groups is 2. The summed E-state index contributed by atoms with van der Waals surface area (Å²) in [7, 11) is 0. The monoisotopic (exact) mass is 346 g/mol. The predicted octanol–water partition coefficient (Wildman–Crippen LogP) is 4.16. The first-order valence-corrected chi connectivity index (χ1v) is 7.29. The molecule has 0 saturated carbocycles. The van der Waals surface area contributed by atoms with E-state index in [1.165, 1.54) is 24.3 Å². The maximum Gasteiger partial charge on any atom is 0.412 e. The van der Waals surface area contributed by atoms with Gasteiger partial charge in [-0.2, -0.15) is 13.2 Å². The summed E-state index contributed by atoms with van der Waals surface area (Å²) in [5.41, 5.74) is -0.188. The molecule has 0 aromatic heterocycles. The van der Waals surface area contributed by atoms with Crippen LogP contribution < -0.4 is 10.6 Å². The van der Waals surface area contributed by atoms with Gasteiger partial charge in [0.1, 0.15) is 5.60 Å². The molecule has 0 saturated heterocycles. The average molecular weight is 346 g/mol. The molecule has 0 spiro atoms. The summed E-state index contributed by atoms with van der Waals surface area (Å²) >= 11 is 0. The summed E-state index contributed by atoms with van der Waals surface area (Å²) in [5.74, 6) is -0.574. The zero-order valence-electron chi connectivity index (χ0n) is 14.0. The smallest absolute Gasteiger partial charge is 0.412 e. The average Bonchev–Trinajstić information content (AvgIpc) is 2.33. The van der Waals surface area contributed by atoms with Crippen LogP contribution in [0.25, 0.3) is 0 Å². The van der Waals surface area contributed by atoms with E-state index in [-0.39, 0.29) is 11.3 Å². The number of amides is 2. The van der Waals surface area contributed by atoms with Crippen LogP contribution >= 0.6 is 0 Å². The summed E-state index contributed by atoms with van der Waals surface area (Å²) in [6, 6.07) is 4.60. The zero-order valence-corrected chi connectivity index (χ0v) is 14.0. The first-order chi connectivity index (χ1) is 10.9. The molecule has 5 nitrogen and oxygen atoms in total. The van der Waals surface area contributed by atoms with Crippen molar-refractivity contribution in [2.45, 2.75) is 51.9 Å². The highest BCUT2D eigenvalue weighted by Gasteiger charge is 2.33. The van der Waals surface area contributed by atoms with Gasteiger partial charge < -0.3 is 10.1 Å². The highest BCUT2D eigenvalue weighted by atomic mass is 19.4. The van der Waals surface area contributed by atoms with Gasteiger partial charge >= 0.3 is 12.3 Å². The number of hydrogen-bond acceptors (Lipinski definition) is 3. The number of carbonyl (C=O) groups excluding carboxylic acids is 2. The third-order valence-corrected chi connectivity index (χ3v) is 2.75. The SMILES string of the molecule is CC(=O)N[C@@H](CC(F)(F)F)c1cccc(NC(=O)OC(C)(C)C)c1. The molecule has 0 unspecified atom stereocenters. The molecule has 134 valence electrons. The number of rotatable bonds is 4. The van der Waals surface area contributed by atoms with Gasteiger partial charge in [-0.15, -0.1) is 0 Å². The molecule has 0 aliphatic carbocycles. The second-order valence-corrected chi connectivity index (χ2v) is 6.32. The second kappa shape index (κ2) is 7.55. The Morgan fingerprint density at radius 2 is 1.83 bits per heavy atom. The zero-order chi connectivity index (χ0) is 18.5. The van der Waals surface area contributed by atoms with Crippen molar-refractivity contribution in [2.75, 3.05) is 5.32 Å². The Morgan fingerprint density at radius 1 is 1.21 bits per heavy atom. The Morgan fingerprint density at radius 3 is 2.33 bits per heavy atom. The van der Waals surface area contributed by atoms with Crippen LogP contribution in [0.5, 0.6) is 0 Å². The molecule has 1 aromatic carbocycles. The van der Waals surface area contributed by atoms with Crippen molar-refractivity contribution in [3.05, 3.63) is 29.8 Å². The quantitative estimate of drug-likeness (QED) is 0.860. The standard InChI is InChI=1S/C16H21F3N2O3/c1-10(22)20-13(9-16(17,18)19)11-6-5-7-12(8-11)21-14(23)24-15(2,3)4/h5-8,13H,9H2,1-4H3,(H,20,22)(H,21,23)/t13-/m0/s1. The van der Waals surface area contributed by atoms with E-state index in [9.17, 15) is 22.8 Å². The van der Waals surface area contributed by atoms with Crippen LogP contribution in [-0.4, -0.2) is 23.8 Å². The molecule has 0 radical (unpaired) electrons. The minimum atomic E-state index is -4.44. The molecular weight excluding hydrogens is 325 g/mol. The molecule has 0 aliphatic rings. The molecule has 1 rings (SSSR count). The van der Waals surface area contributed by atoms with E-state index >= 15 is 0 Å². The van der Waals surface area contributed by atoms with Gasteiger partial charge in [-0.25, -0.2) is 4.79 Å². The fourth-order valence-electron chi connectivity index (χ4n) is 1.98. The van der Waals surface area contributed by atoms with E-state index < -0.39 is 36.2 Å². The van der Waals surface area contributed by atoms with Crippen LogP contribution in [0.3, 0.4) is 0 Å². The largest absolute Gasteiger partial charge is 0.444 e. The molecule has 0 heterocycles. The van der Waals surface area contributed by atoms with E-state index in [1.54, 1.807) is 20.8 Å². The molecule has 1 aromatic rings. The van der Waals surface area contributed by atoms with Gasteiger partial charge in [-0.05, 0) is 38.5 Å². The lowest BCUT2D eigenvalue weighted by Crippen LogP contribution is -2.30. The summed E-state index contributed by atoms with van der Waals surface area (Å²) < 4.78 is 43.2. The molecule has 24 heavy (non-hydrogen) atoms. The number of hydrogen-bond donors (Lipinski definition) is 2. The Bertz CT molecular complexity index is 595. The molecular formula is C16H21F3N2O3. The van der Waals surface area contributed by atoms with Crippen LogP contribution in [0.1, 0.15) is 45.7 Å². The van der Waals surface area contributed by atoms with Gasteiger partial charge in [-0.1, -0.05) is 12.1 Å². The summed E-state index contributed by atoms with van der Waals surface area (Å²) in [6.07, 6.45) is -6.36. The van der Waals surface area contributed by atoms with E-state index in [4.69, 9.17) is 4.74 Å². The van der Waals surface area contributed by atoms with Crippen LogP contribution in [0, 0.1) is 0 Å². The number of nitrogens with one attached hydrogen (secondary N) is 2. The summed E-state index contributed by atoms with van der Waals surface area (Å²) in [5, 5.41) is 4.72. The van der Waals surface area contributed by atoms with Gasteiger partial charge in [-0.3, -0.25) is 10.1 Å². The van der Waals surface area contributed by atoms with Crippen molar-refractivity contribution in [3.63, 3.8) is 0 Å². The number of benzene rings is 1. The maximum absolute atomic E-state index is 12.7. The topological polar surface area (TPSA) is 67.4 Å². The fraction of sp³-hybridized carbons (Fsp3) is 0.500. The molecule has 2 amide bonds. The summed E-state index contributed by atoms with van der Waals surface area (Å²) in [6.45, 7) is 6.23. The Balaban J connectivity index is 2.94. The highest BCUT2D eigenvalue weighted by Crippen LogP contribution is 2.30. The number of anilines is 1. The Hall–Kier alpha value is -2.25. The van der Waals surface area contributed by atoms with Crippen LogP contribution in [0.4, 0.5) is 23.7 Å². The van der Waals surface area contributed by atoms with Gasteiger partial charge in [0, 0.05) is 12.6 Å². The van der Waals surface area contributed by atoms with Gasteiger partial charge in [0.15, 0.2) is 0 Å². The van der Waals surface area contributed by atoms with Crippen molar-refractivity contribution in [1.82, 2.24) is 5.32 Å². The molecule has 8 heteroatoms. The highest BCUT2D eigenvalue weighted by molar-refractivity contribution is 5.85. The van der Waals surface area contributed by atoms with Crippen molar-refractivity contribution >= 4 is 17.7 Å². The third-order valence-electron chi connectivity index (χ3n) is 2.75. The summed E-state index contributed by atoms with van der Waals surface area (Å²) in [4.78, 5) is 22.9. The Labute approximate surface area is 138 Å². The van der Waals surface area contributed by atoms with Crippen LogP contribution in [0.15, 0.2) is 24.3 Å². The fourth-order valence-corrected chi connectivity index (χ4v) is 1.98. The third kappa shape index (κ3) is 7.85. The second-order valence-electron chi connectivity index (χ2n) is 6.32. The number of ether oxygens (including phenoxy) is 1. The van der Waals surface area contributed by atoms with Gasteiger partial charge in [0.05, 0.1) is 12.5 Å². The van der Waals surface area contributed by atoms with Crippen molar-refractivity contribution in [2.24, 2.45) is 0 Å². The van der Waals surface area contributed by atoms with E-state index in [0.29, 0.717) is 0 Å². The normalized spacial score (nSPS) is 13.1. The lowest BCUT2D eigenvalue weighted by Gasteiger charge is -2.22. The van der Waals surface area contributed by atoms with Crippen LogP contribution in [0.2, 0.25) is 0 Å². The number of alkyl halides is 3. The lowest BCUT2D eigenvalue weighted by molar-refractivity contribution is -0.142. The van der Waals surface area contributed by atoms with E-state index in [0.717, 1.165) is 6.92 Å². The first-order valence-electron chi connectivity index (χ1n) is 7.29. The van der Waals surface area contributed by atoms with Crippen molar-refractivity contribution in [3.8, 4) is 0 Å². The van der Waals surface area contributed by atoms with E-state index in [2.05, 4.69) is 10.6 Å². The van der Waals surface area contributed by atoms with E-state index in [1.807, 2.05) is 0 Å². The predicted molar refractivity (Wildman–Crippen MR) is 83.5 cm³/mol. The molecule has 0 aliphatic heterocycles. The minimum absolute atomic E-state index is 0.232. The van der Waals surface area contributed by atoms with Crippen molar-refractivity contribution < 1.29 is 27.5 Å². The Kier molecular flexibility index (Phi) is 6.22. The van der Waals surface area contributed by atoms with Crippen molar-refractivity contribution in [1.29, 1.82) is 0 Å². The van der Waals surface area contributed by atoms with Crippen LogP contribution in [-0.2, 0) is 9.53 Å². The first kappa shape index (κ1) is 19.8. The lowest BCUT2D eigenvalue weighted by atomic mass is 10.0. The van der Waals surface area contributed by atoms with Gasteiger partial charge in [0.25, 0.3) is 0 Å². The van der Waals surface area contributed by atoms with Gasteiger partial charge in [0.2, 0.25) is 5.91 Å². The number of halogens is 3. The molecule has 0 fully saturated rings. The minimum Gasteiger partial charge on any atom is -0.444 e.